The van der Waals surface area contributed by atoms with Crippen molar-refractivity contribution in [1.29, 1.82) is 0 Å². The van der Waals surface area contributed by atoms with Crippen molar-refractivity contribution < 1.29 is 9.32 Å². The zero-order valence-corrected chi connectivity index (χ0v) is 18.1. The van der Waals surface area contributed by atoms with Gasteiger partial charge in [-0.25, -0.2) is 4.98 Å². The average Bonchev–Trinajstić information content (AvgIpc) is 3.43. The topological polar surface area (TPSA) is 80.9 Å². The Morgan fingerprint density at radius 1 is 1.00 bits per heavy atom. The minimum Gasteiger partial charge on any atom is -0.339 e. The molecule has 0 radical (unpaired) electrons. The highest BCUT2D eigenvalue weighted by molar-refractivity contribution is 8.00. The molecule has 0 atom stereocenters. The molecule has 3 aromatic carbocycles. The van der Waals surface area contributed by atoms with E-state index >= 15 is 0 Å². The molecule has 6 nitrogen and oxygen atoms in total. The lowest BCUT2D eigenvalue weighted by Gasteiger charge is -2.08. The number of benzene rings is 3. The molecule has 0 saturated heterocycles. The van der Waals surface area contributed by atoms with E-state index in [2.05, 4.69) is 26.5 Å². The number of carbonyl (C=O) groups excluding carboxylic acids is 1. The molecule has 1 N–H and O–H groups in total. The summed E-state index contributed by atoms with van der Waals surface area (Å²) in [6, 6.07) is 21.9. The number of para-hydroxylation sites is 1. The van der Waals surface area contributed by atoms with Crippen LogP contribution in [-0.4, -0.2) is 21.0 Å². The van der Waals surface area contributed by atoms with Crippen molar-refractivity contribution in [1.82, 2.24) is 15.1 Å². The minimum atomic E-state index is -0.0834. The maximum absolute atomic E-state index is 12.4. The number of hydrogen-bond donors (Lipinski definition) is 1. The summed E-state index contributed by atoms with van der Waals surface area (Å²) in [6.45, 7) is 0. The SMILES string of the molecule is O=C(CCc1nc(CSc2nc3ccccc3s2)no1)Nc1cccc2ccccc12. The van der Waals surface area contributed by atoms with Crippen LogP contribution in [0.15, 0.2) is 75.6 Å². The number of aromatic nitrogens is 3. The van der Waals surface area contributed by atoms with Gasteiger partial charge >= 0.3 is 0 Å². The van der Waals surface area contributed by atoms with Gasteiger partial charge in [-0.05, 0) is 23.6 Å². The highest BCUT2D eigenvalue weighted by Crippen LogP contribution is 2.30. The molecular weight excluding hydrogens is 428 g/mol. The van der Waals surface area contributed by atoms with Crippen LogP contribution in [0.25, 0.3) is 21.0 Å². The molecule has 154 valence electrons. The quantitative estimate of drug-likeness (QED) is 0.323. The number of nitrogens with zero attached hydrogens (tertiary/aromatic N) is 3. The fourth-order valence-corrected chi connectivity index (χ4v) is 5.17. The lowest BCUT2D eigenvalue weighted by atomic mass is 10.1. The van der Waals surface area contributed by atoms with Crippen molar-refractivity contribution in [3.63, 3.8) is 0 Å². The predicted molar refractivity (Wildman–Crippen MR) is 124 cm³/mol. The molecule has 1 amide bonds. The van der Waals surface area contributed by atoms with Gasteiger partial charge in [0.1, 0.15) is 0 Å². The van der Waals surface area contributed by atoms with Gasteiger partial charge in [-0.3, -0.25) is 4.79 Å². The van der Waals surface area contributed by atoms with Crippen LogP contribution in [0, 0.1) is 0 Å². The van der Waals surface area contributed by atoms with E-state index in [4.69, 9.17) is 4.52 Å². The summed E-state index contributed by atoms with van der Waals surface area (Å²) >= 11 is 3.23. The molecule has 0 spiro atoms. The fraction of sp³-hybridized carbons (Fsp3) is 0.130. The minimum absolute atomic E-state index is 0.0834. The lowest BCUT2D eigenvalue weighted by Crippen LogP contribution is -2.12. The Labute approximate surface area is 186 Å². The second-order valence-corrected chi connectivity index (χ2v) is 9.17. The van der Waals surface area contributed by atoms with Crippen LogP contribution < -0.4 is 5.32 Å². The van der Waals surface area contributed by atoms with E-state index in [1.807, 2.05) is 60.7 Å². The van der Waals surface area contributed by atoms with Gasteiger partial charge in [0.15, 0.2) is 10.2 Å². The van der Waals surface area contributed by atoms with Gasteiger partial charge in [-0.2, -0.15) is 4.98 Å². The monoisotopic (exact) mass is 446 g/mol. The van der Waals surface area contributed by atoms with E-state index in [1.54, 1.807) is 23.1 Å². The van der Waals surface area contributed by atoms with Crippen LogP contribution in [0.4, 0.5) is 5.69 Å². The standard InChI is InChI=1S/C23H18N4O2S2/c28-21(24-17-10-5-7-15-6-1-2-8-16(15)17)12-13-22-26-20(27-29-22)14-30-23-25-18-9-3-4-11-19(18)31-23/h1-11H,12-14H2,(H,24,28). The van der Waals surface area contributed by atoms with Crippen molar-refractivity contribution in [3.8, 4) is 0 Å². The zero-order chi connectivity index (χ0) is 21.0. The fourth-order valence-electron chi connectivity index (χ4n) is 3.26. The molecule has 0 unspecified atom stereocenters. The van der Waals surface area contributed by atoms with E-state index in [0.717, 1.165) is 31.0 Å². The van der Waals surface area contributed by atoms with Crippen molar-refractivity contribution in [2.75, 3.05) is 5.32 Å². The second-order valence-electron chi connectivity index (χ2n) is 6.92. The Bertz CT molecular complexity index is 1320. The molecular formula is C23H18N4O2S2. The molecule has 31 heavy (non-hydrogen) atoms. The summed E-state index contributed by atoms with van der Waals surface area (Å²) in [4.78, 5) is 21.4. The molecule has 5 rings (SSSR count). The molecule has 5 aromatic rings. The Balaban J connectivity index is 1.15. The van der Waals surface area contributed by atoms with E-state index in [1.165, 1.54) is 0 Å². The first kappa shape index (κ1) is 19.7. The Morgan fingerprint density at radius 3 is 2.77 bits per heavy atom. The molecule has 2 heterocycles. The number of hydrogen-bond acceptors (Lipinski definition) is 7. The van der Waals surface area contributed by atoms with Crippen LogP contribution in [0.3, 0.4) is 0 Å². The predicted octanol–water partition coefficient (Wildman–Crippen LogP) is 5.70. The largest absolute Gasteiger partial charge is 0.339 e. The number of thioether (sulfide) groups is 1. The number of aryl methyl sites for hydroxylation is 1. The smallest absolute Gasteiger partial charge is 0.227 e. The third-order valence-corrected chi connectivity index (χ3v) is 6.91. The summed E-state index contributed by atoms with van der Waals surface area (Å²) in [5, 5.41) is 9.12. The number of thiazole rings is 1. The molecule has 0 aliphatic rings. The molecule has 0 aliphatic heterocycles. The number of amides is 1. The van der Waals surface area contributed by atoms with Gasteiger partial charge < -0.3 is 9.84 Å². The number of carbonyl (C=O) groups is 1. The normalized spacial score (nSPS) is 11.2. The van der Waals surface area contributed by atoms with Gasteiger partial charge in [0.25, 0.3) is 0 Å². The van der Waals surface area contributed by atoms with Crippen molar-refractivity contribution in [3.05, 3.63) is 78.4 Å². The summed E-state index contributed by atoms with van der Waals surface area (Å²) < 4.78 is 7.45. The summed E-state index contributed by atoms with van der Waals surface area (Å²) in [5.41, 5.74) is 1.81. The van der Waals surface area contributed by atoms with Gasteiger partial charge in [0, 0.05) is 23.9 Å². The van der Waals surface area contributed by atoms with Gasteiger partial charge in [-0.1, -0.05) is 65.4 Å². The number of anilines is 1. The Hall–Kier alpha value is -3.23. The molecule has 0 fully saturated rings. The van der Waals surface area contributed by atoms with E-state index in [0.29, 0.717) is 23.9 Å². The van der Waals surface area contributed by atoms with E-state index in [9.17, 15) is 4.79 Å². The van der Waals surface area contributed by atoms with Crippen LogP contribution >= 0.6 is 23.1 Å². The highest BCUT2D eigenvalue weighted by atomic mass is 32.2. The molecule has 0 aliphatic carbocycles. The number of fused-ring (bicyclic) bond motifs is 2. The van der Waals surface area contributed by atoms with E-state index < -0.39 is 0 Å². The Morgan fingerprint density at radius 2 is 1.84 bits per heavy atom. The third-order valence-electron chi connectivity index (χ3n) is 4.74. The maximum atomic E-state index is 12.4. The number of rotatable bonds is 7. The molecule has 8 heteroatoms. The van der Waals surface area contributed by atoms with Crippen molar-refractivity contribution in [2.24, 2.45) is 0 Å². The maximum Gasteiger partial charge on any atom is 0.227 e. The molecule has 0 bridgehead atoms. The summed E-state index contributed by atoms with van der Waals surface area (Å²) in [6.07, 6.45) is 0.672. The van der Waals surface area contributed by atoms with Crippen molar-refractivity contribution in [2.45, 2.75) is 22.9 Å². The van der Waals surface area contributed by atoms with Crippen LogP contribution in [0.1, 0.15) is 18.1 Å². The van der Waals surface area contributed by atoms with E-state index in [-0.39, 0.29) is 12.3 Å². The van der Waals surface area contributed by atoms with Crippen LogP contribution in [0.2, 0.25) is 0 Å². The third kappa shape index (κ3) is 4.60. The first-order valence-corrected chi connectivity index (χ1v) is 11.6. The summed E-state index contributed by atoms with van der Waals surface area (Å²) in [7, 11) is 0. The van der Waals surface area contributed by atoms with Gasteiger partial charge in [-0.15, -0.1) is 11.3 Å². The van der Waals surface area contributed by atoms with Crippen molar-refractivity contribution >= 4 is 55.7 Å². The first-order chi connectivity index (χ1) is 15.2. The zero-order valence-electron chi connectivity index (χ0n) is 16.4. The Kier molecular flexibility index (Phi) is 5.64. The lowest BCUT2D eigenvalue weighted by molar-refractivity contribution is -0.116. The van der Waals surface area contributed by atoms with Crippen LogP contribution in [0.5, 0.6) is 0 Å². The highest BCUT2D eigenvalue weighted by Gasteiger charge is 2.12. The number of nitrogens with one attached hydrogen (secondary N) is 1. The first-order valence-electron chi connectivity index (χ1n) is 9.82. The summed E-state index contributed by atoms with van der Waals surface area (Å²) in [5.74, 6) is 1.56. The van der Waals surface area contributed by atoms with Gasteiger partial charge in [0.05, 0.1) is 16.0 Å². The molecule has 2 aromatic heterocycles. The van der Waals surface area contributed by atoms with Crippen LogP contribution in [-0.2, 0) is 17.0 Å². The molecule has 0 saturated carbocycles. The van der Waals surface area contributed by atoms with Gasteiger partial charge in [0.2, 0.25) is 11.8 Å². The average molecular weight is 447 g/mol. The second kappa shape index (κ2) is 8.87.